The van der Waals surface area contributed by atoms with Gasteiger partial charge in [-0.15, -0.1) is 0 Å². The van der Waals surface area contributed by atoms with Crippen LogP contribution in [0.25, 0.3) is 0 Å². The average Bonchev–Trinajstić information content (AvgIpc) is 2.72. The number of piperidine rings is 1. The predicted molar refractivity (Wildman–Crippen MR) is 109 cm³/mol. The lowest BCUT2D eigenvalue weighted by Gasteiger charge is -2.34. The summed E-state index contributed by atoms with van der Waals surface area (Å²) in [5.41, 5.74) is 0.712. The molecule has 0 radical (unpaired) electrons. The molecule has 1 fully saturated rings. The van der Waals surface area contributed by atoms with Crippen molar-refractivity contribution in [1.29, 1.82) is 0 Å². The third-order valence-corrected chi connectivity index (χ3v) is 6.40. The van der Waals surface area contributed by atoms with Crippen LogP contribution in [0.3, 0.4) is 0 Å². The number of primary sulfonamides is 1. The molecule has 29 heavy (non-hydrogen) atoms. The molecule has 0 aliphatic carbocycles. The van der Waals surface area contributed by atoms with Gasteiger partial charge < -0.3 is 14.4 Å². The number of nitrogens with zero attached hydrogens (tertiary/aromatic N) is 3. The van der Waals surface area contributed by atoms with E-state index in [0.717, 1.165) is 0 Å². The molecule has 3 rings (SSSR count). The lowest BCUT2D eigenvalue weighted by Crippen LogP contribution is -2.34. The molecule has 0 spiro atoms. The van der Waals surface area contributed by atoms with Crippen LogP contribution >= 0.6 is 11.8 Å². The van der Waals surface area contributed by atoms with E-state index in [1.54, 1.807) is 6.07 Å². The van der Waals surface area contributed by atoms with Gasteiger partial charge in [0.25, 0.3) is 0 Å². The Labute approximate surface area is 173 Å². The molecule has 11 heteroatoms. The lowest BCUT2D eigenvalue weighted by molar-refractivity contribution is 0.376. The van der Waals surface area contributed by atoms with Crippen molar-refractivity contribution in [2.45, 2.75) is 28.8 Å². The second kappa shape index (κ2) is 8.72. The zero-order valence-electron chi connectivity index (χ0n) is 16.4. The van der Waals surface area contributed by atoms with Crippen LogP contribution < -0.4 is 19.5 Å². The highest BCUT2D eigenvalue weighted by atomic mass is 32.2. The van der Waals surface area contributed by atoms with E-state index in [9.17, 15) is 12.8 Å². The summed E-state index contributed by atoms with van der Waals surface area (Å²) in [6.45, 7) is 1.11. The zero-order chi connectivity index (χ0) is 21.2. The maximum Gasteiger partial charge on any atom is 0.241 e. The maximum atomic E-state index is 14.2. The number of sulfonamides is 1. The van der Waals surface area contributed by atoms with Crippen molar-refractivity contribution in [1.82, 2.24) is 9.97 Å². The molecule has 2 aromatic rings. The summed E-state index contributed by atoms with van der Waals surface area (Å²) in [6, 6.07) is 3.12. The summed E-state index contributed by atoms with van der Waals surface area (Å²) in [5.74, 6) is 0.437. The Balaban J connectivity index is 1.89. The molecule has 158 valence electrons. The van der Waals surface area contributed by atoms with Crippen LogP contribution in [0.2, 0.25) is 0 Å². The number of halogens is 1. The van der Waals surface area contributed by atoms with E-state index in [1.165, 1.54) is 38.2 Å². The number of thioether (sulfide) groups is 1. The molecule has 0 amide bonds. The van der Waals surface area contributed by atoms with Crippen molar-refractivity contribution < 1.29 is 22.3 Å². The normalized spacial score (nSPS) is 15.4. The predicted octanol–water partition coefficient (Wildman–Crippen LogP) is 2.39. The molecular formula is C18H23FN4O4S2. The number of ether oxygens (including phenoxy) is 2. The first kappa shape index (κ1) is 21.6. The summed E-state index contributed by atoms with van der Waals surface area (Å²) in [7, 11) is -1.12. The van der Waals surface area contributed by atoms with Crippen molar-refractivity contribution in [2.75, 3.05) is 38.5 Å². The molecule has 0 unspecified atom stereocenters. The SMILES string of the molecule is COc1cc(C2CCN(c3nc(SC)ncc3F)CC2)c(OC)c(S(N)(=O)=O)c1. The number of hydrogen-bond donors (Lipinski definition) is 1. The van der Waals surface area contributed by atoms with E-state index in [0.29, 0.717) is 42.4 Å². The van der Waals surface area contributed by atoms with E-state index in [4.69, 9.17) is 14.6 Å². The fourth-order valence-electron chi connectivity index (χ4n) is 3.51. The van der Waals surface area contributed by atoms with Gasteiger partial charge in [-0.3, -0.25) is 0 Å². The molecule has 1 aliphatic heterocycles. The number of nitrogens with two attached hydrogens (primary N) is 1. The van der Waals surface area contributed by atoms with Crippen molar-refractivity contribution in [3.63, 3.8) is 0 Å². The molecule has 1 aromatic carbocycles. The molecule has 2 heterocycles. The van der Waals surface area contributed by atoms with E-state index in [2.05, 4.69) is 9.97 Å². The molecule has 1 aromatic heterocycles. The Morgan fingerprint density at radius 1 is 1.24 bits per heavy atom. The smallest absolute Gasteiger partial charge is 0.241 e. The Kier molecular flexibility index (Phi) is 6.49. The van der Waals surface area contributed by atoms with Gasteiger partial charge in [-0.05, 0) is 31.1 Å². The van der Waals surface area contributed by atoms with Gasteiger partial charge in [-0.25, -0.2) is 27.9 Å². The third kappa shape index (κ3) is 4.57. The highest BCUT2D eigenvalue weighted by Crippen LogP contribution is 2.41. The minimum atomic E-state index is -3.99. The van der Waals surface area contributed by atoms with Crippen LogP contribution in [0.1, 0.15) is 24.3 Å². The first-order valence-electron chi connectivity index (χ1n) is 8.88. The van der Waals surface area contributed by atoms with Gasteiger partial charge >= 0.3 is 0 Å². The Morgan fingerprint density at radius 3 is 2.48 bits per heavy atom. The van der Waals surface area contributed by atoms with Gasteiger partial charge in [0, 0.05) is 24.7 Å². The van der Waals surface area contributed by atoms with Crippen LogP contribution in [0, 0.1) is 5.82 Å². The number of anilines is 1. The summed E-state index contributed by atoms with van der Waals surface area (Å²) in [4.78, 5) is 9.99. The number of hydrogen-bond acceptors (Lipinski definition) is 8. The fraction of sp³-hybridized carbons (Fsp3) is 0.444. The Bertz CT molecular complexity index is 996. The molecule has 0 saturated carbocycles. The molecule has 0 atom stereocenters. The molecule has 2 N–H and O–H groups in total. The summed E-state index contributed by atoms with van der Waals surface area (Å²) in [5, 5.41) is 5.88. The molecule has 1 saturated heterocycles. The van der Waals surface area contributed by atoms with Crippen LogP contribution in [0.4, 0.5) is 10.2 Å². The van der Waals surface area contributed by atoms with E-state index in [-0.39, 0.29) is 22.4 Å². The van der Waals surface area contributed by atoms with Crippen LogP contribution in [-0.4, -0.2) is 52.0 Å². The Hall–Kier alpha value is -2.11. The first-order valence-corrected chi connectivity index (χ1v) is 11.7. The van der Waals surface area contributed by atoms with Gasteiger partial charge in [0.2, 0.25) is 10.0 Å². The van der Waals surface area contributed by atoms with Crippen LogP contribution in [0.5, 0.6) is 11.5 Å². The van der Waals surface area contributed by atoms with Crippen molar-refractivity contribution in [3.05, 3.63) is 29.7 Å². The number of methoxy groups -OCH3 is 2. The van der Waals surface area contributed by atoms with Crippen molar-refractivity contribution in [3.8, 4) is 11.5 Å². The van der Waals surface area contributed by atoms with Gasteiger partial charge in [-0.2, -0.15) is 0 Å². The van der Waals surface area contributed by atoms with Crippen molar-refractivity contribution in [2.24, 2.45) is 5.14 Å². The Morgan fingerprint density at radius 2 is 1.93 bits per heavy atom. The van der Waals surface area contributed by atoms with Gasteiger partial charge in [0.05, 0.1) is 20.4 Å². The fourth-order valence-corrected chi connectivity index (χ4v) is 4.59. The summed E-state index contributed by atoms with van der Waals surface area (Å²) in [6.07, 6.45) is 4.34. The minimum absolute atomic E-state index is 0.00159. The summed E-state index contributed by atoms with van der Waals surface area (Å²) >= 11 is 1.35. The van der Waals surface area contributed by atoms with Crippen LogP contribution in [0.15, 0.2) is 28.4 Å². The summed E-state index contributed by atoms with van der Waals surface area (Å²) < 4.78 is 48.9. The molecule has 8 nitrogen and oxygen atoms in total. The van der Waals surface area contributed by atoms with E-state index >= 15 is 0 Å². The van der Waals surface area contributed by atoms with E-state index in [1.807, 2.05) is 11.2 Å². The van der Waals surface area contributed by atoms with Crippen LogP contribution in [-0.2, 0) is 10.0 Å². The minimum Gasteiger partial charge on any atom is -0.497 e. The second-order valence-electron chi connectivity index (χ2n) is 6.58. The molecule has 0 bridgehead atoms. The van der Waals surface area contributed by atoms with Gasteiger partial charge in [-0.1, -0.05) is 11.8 Å². The number of aromatic nitrogens is 2. The molecule has 1 aliphatic rings. The lowest BCUT2D eigenvalue weighted by atomic mass is 9.88. The average molecular weight is 443 g/mol. The van der Waals surface area contributed by atoms with E-state index < -0.39 is 15.8 Å². The largest absolute Gasteiger partial charge is 0.497 e. The number of rotatable bonds is 6. The zero-order valence-corrected chi connectivity index (χ0v) is 18.0. The molecular weight excluding hydrogens is 419 g/mol. The third-order valence-electron chi connectivity index (χ3n) is 4.92. The van der Waals surface area contributed by atoms with Gasteiger partial charge in [0.15, 0.2) is 16.8 Å². The highest BCUT2D eigenvalue weighted by molar-refractivity contribution is 7.98. The highest BCUT2D eigenvalue weighted by Gasteiger charge is 2.29. The van der Waals surface area contributed by atoms with Gasteiger partial charge in [0.1, 0.15) is 16.4 Å². The number of benzene rings is 1. The topological polar surface area (TPSA) is 108 Å². The first-order chi connectivity index (χ1) is 13.8. The standard InChI is InChI=1S/C18H23FN4O4S2/c1-26-12-8-13(16(27-2)15(9-12)29(20,24)25)11-4-6-23(7-5-11)17-14(19)10-21-18(22-17)28-3/h8-11H,4-7H2,1-3H3,(H2,20,24,25). The second-order valence-corrected chi connectivity index (χ2v) is 8.89. The monoisotopic (exact) mass is 442 g/mol. The maximum absolute atomic E-state index is 14.2. The van der Waals surface area contributed by atoms with Crippen molar-refractivity contribution >= 4 is 27.6 Å². The quantitative estimate of drug-likeness (QED) is 0.537.